The van der Waals surface area contributed by atoms with E-state index in [-0.39, 0.29) is 18.6 Å². The van der Waals surface area contributed by atoms with E-state index >= 15 is 0 Å². The average Bonchev–Trinajstić information content (AvgIpc) is 2.90. The number of aliphatic imine (C=N–C) groups is 1. The molecule has 8 nitrogen and oxygen atoms in total. The Kier molecular flexibility index (Phi) is 7.82. The summed E-state index contributed by atoms with van der Waals surface area (Å²) in [4.78, 5) is 15.9. The monoisotopic (exact) mass is 321 g/mol. The highest BCUT2D eigenvalue weighted by molar-refractivity contribution is 5.93. The molecule has 1 heterocycles. The van der Waals surface area contributed by atoms with Gasteiger partial charge in [-0.3, -0.25) is 20.2 Å². The number of H-pyrrole nitrogens is 1. The molecule has 128 valence electrons. The molecule has 0 bridgehead atoms. The van der Waals surface area contributed by atoms with E-state index in [4.69, 9.17) is 0 Å². The molecule has 0 aliphatic heterocycles. The van der Waals surface area contributed by atoms with Crippen LogP contribution in [0.25, 0.3) is 0 Å². The van der Waals surface area contributed by atoms with E-state index in [0.29, 0.717) is 6.54 Å². The van der Waals surface area contributed by atoms with Crippen molar-refractivity contribution >= 4 is 17.4 Å². The number of amides is 1. The van der Waals surface area contributed by atoms with Gasteiger partial charge in [0.2, 0.25) is 5.91 Å². The molecule has 1 atom stereocenters. The number of aryl methyl sites for hydroxylation is 1. The van der Waals surface area contributed by atoms with Crippen LogP contribution in [-0.4, -0.2) is 48.1 Å². The van der Waals surface area contributed by atoms with E-state index in [1.807, 2.05) is 46.9 Å². The zero-order chi connectivity index (χ0) is 17.2. The fourth-order valence-electron chi connectivity index (χ4n) is 1.89. The number of rotatable bonds is 9. The van der Waals surface area contributed by atoms with Crippen LogP contribution >= 0.6 is 0 Å². The van der Waals surface area contributed by atoms with E-state index in [1.54, 1.807) is 0 Å². The van der Waals surface area contributed by atoms with Crippen molar-refractivity contribution in [3.63, 3.8) is 0 Å². The van der Waals surface area contributed by atoms with Crippen molar-refractivity contribution in [1.82, 2.24) is 26.1 Å². The van der Waals surface area contributed by atoms with Gasteiger partial charge in [0.1, 0.15) is 5.82 Å². The highest BCUT2D eigenvalue weighted by Crippen LogP contribution is 2.06. The van der Waals surface area contributed by atoms with Crippen LogP contribution in [0.4, 0.5) is 5.82 Å². The largest absolute Gasteiger partial charge is 0.375 e. The van der Waals surface area contributed by atoms with Crippen LogP contribution in [0, 0.1) is 6.92 Å². The number of aromatic amines is 1. The Morgan fingerprint density at radius 3 is 2.83 bits per heavy atom. The molecule has 0 spiro atoms. The Bertz CT molecular complexity index is 562. The van der Waals surface area contributed by atoms with Crippen molar-refractivity contribution in [2.45, 2.75) is 33.9 Å². The first kappa shape index (κ1) is 18.7. The van der Waals surface area contributed by atoms with Crippen LogP contribution in [0.2, 0.25) is 0 Å². The number of carbonyl (C=O) groups is 1. The first-order chi connectivity index (χ1) is 10.9. The SMILES string of the molecule is CCNC(=O)CNC(C)/N=C(C)\C=C(/NC)Nc1cc(C)[nH]n1. The Balaban J connectivity index is 2.58. The predicted octanol–water partition coefficient (Wildman–Crippen LogP) is 0.723. The summed E-state index contributed by atoms with van der Waals surface area (Å²) in [6.45, 7) is 8.51. The molecule has 0 aliphatic carbocycles. The summed E-state index contributed by atoms with van der Waals surface area (Å²) in [7, 11) is 1.82. The van der Waals surface area contributed by atoms with Crippen LogP contribution in [0.3, 0.4) is 0 Å². The van der Waals surface area contributed by atoms with Crippen molar-refractivity contribution in [2.24, 2.45) is 4.99 Å². The minimum absolute atomic E-state index is 0.0331. The highest BCUT2D eigenvalue weighted by atomic mass is 16.1. The topological polar surface area (TPSA) is 106 Å². The van der Waals surface area contributed by atoms with Gasteiger partial charge in [-0.2, -0.15) is 5.10 Å². The molecular weight excluding hydrogens is 294 g/mol. The molecule has 1 amide bonds. The molecule has 0 aliphatic rings. The van der Waals surface area contributed by atoms with Gasteiger partial charge >= 0.3 is 0 Å². The number of nitrogens with zero attached hydrogens (tertiary/aromatic N) is 2. The summed E-state index contributed by atoms with van der Waals surface area (Å²) in [5, 5.41) is 19.0. The molecule has 1 rings (SSSR count). The van der Waals surface area contributed by atoms with E-state index in [0.717, 1.165) is 23.0 Å². The van der Waals surface area contributed by atoms with Crippen LogP contribution in [0.15, 0.2) is 23.0 Å². The summed E-state index contributed by atoms with van der Waals surface area (Å²) < 4.78 is 0. The molecule has 0 saturated heterocycles. The summed E-state index contributed by atoms with van der Waals surface area (Å²) in [5.74, 6) is 1.49. The second kappa shape index (κ2) is 9.62. The lowest BCUT2D eigenvalue weighted by atomic mass is 10.3. The third kappa shape index (κ3) is 7.46. The van der Waals surface area contributed by atoms with Gasteiger partial charge < -0.3 is 16.0 Å². The molecule has 1 unspecified atom stereocenters. The third-order valence-electron chi connectivity index (χ3n) is 2.92. The minimum atomic E-state index is -0.153. The Morgan fingerprint density at radius 1 is 1.52 bits per heavy atom. The van der Waals surface area contributed by atoms with Gasteiger partial charge in [0.15, 0.2) is 5.82 Å². The molecule has 8 heteroatoms. The molecular formula is C15H27N7O. The van der Waals surface area contributed by atoms with E-state index in [9.17, 15) is 4.79 Å². The standard InChI is InChI=1S/C15H27N7O/c1-6-17-15(23)9-18-12(4)19-10(2)7-13(16-5)20-14-8-11(3)21-22-14/h7-8,12,16,18H,6,9H2,1-5H3,(H,17,23)(H2,20,21,22)/b13-7+,19-10-. The van der Waals surface area contributed by atoms with Crippen LogP contribution in [0.1, 0.15) is 26.5 Å². The Hall–Kier alpha value is -2.35. The summed E-state index contributed by atoms with van der Waals surface area (Å²) in [6, 6.07) is 1.91. The Morgan fingerprint density at radius 2 is 2.26 bits per heavy atom. The quantitative estimate of drug-likeness (QED) is 0.431. The maximum atomic E-state index is 11.4. The zero-order valence-corrected chi connectivity index (χ0v) is 14.4. The third-order valence-corrected chi connectivity index (χ3v) is 2.92. The lowest BCUT2D eigenvalue weighted by Gasteiger charge is -2.11. The van der Waals surface area contributed by atoms with Crippen molar-refractivity contribution < 1.29 is 4.79 Å². The fraction of sp³-hybridized carbons (Fsp3) is 0.533. The second-order valence-electron chi connectivity index (χ2n) is 5.15. The summed E-state index contributed by atoms with van der Waals surface area (Å²) in [5.41, 5.74) is 1.81. The summed E-state index contributed by atoms with van der Waals surface area (Å²) >= 11 is 0. The van der Waals surface area contributed by atoms with Gasteiger partial charge in [0.25, 0.3) is 0 Å². The highest BCUT2D eigenvalue weighted by Gasteiger charge is 2.04. The molecule has 23 heavy (non-hydrogen) atoms. The van der Waals surface area contributed by atoms with Gasteiger partial charge in [-0.1, -0.05) is 0 Å². The van der Waals surface area contributed by atoms with Crippen LogP contribution in [-0.2, 0) is 4.79 Å². The fourth-order valence-corrected chi connectivity index (χ4v) is 1.89. The van der Waals surface area contributed by atoms with E-state index < -0.39 is 0 Å². The number of hydrogen-bond donors (Lipinski definition) is 5. The molecule has 1 aromatic rings. The van der Waals surface area contributed by atoms with Crippen LogP contribution < -0.4 is 21.3 Å². The number of nitrogens with one attached hydrogen (secondary N) is 5. The molecule has 0 radical (unpaired) electrons. The molecule has 0 saturated carbocycles. The van der Waals surface area contributed by atoms with Gasteiger partial charge in [-0.25, -0.2) is 0 Å². The normalized spacial score (nSPS) is 13.6. The number of anilines is 1. The van der Waals surface area contributed by atoms with Crippen LogP contribution in [0.5, 0.6) is 0 Å². The van der Waals surface area contributed by atoms with E-state index in [1.165, 1.54) is 0 Å². The van der Waals surface area contributed by atoms with Gasteiger partial charge in [0.05, 0.1) is 12.7 Å². The number of allylic oxidation sites excluding steroid dienone is 1. The lowest BCUT2D eigenvalue weighted by molar-refractivity contribution is -0.120. The minimum Gasteiger partial charge on any atom is -0.375 e. The molecule has 0 aromatic carbocycles. The van der Waals surface area contributed by atoms with Crippen molar-refractivity contribution in [2.75, 3.05) is 25.5 Å². The van der Waals surface area contributed by atoms with Gasteiger partial charge in [-0.05, 0) is 33.8 Å². The van der Waals surface area contributed by atoms with Crippen molar-refractivity contribution in [3.8, 4) is 0 Å². The first-order valence-electron chi connectivity index (χ1n) is 7.67. The molecule has 1 aromatic heterocycles. The number of carbonyl (C=O) groups excluding carboxylic acids is 1. The van der Waals surface area contributed by atoms with Crippen molar-refractivity contribution in [1.29, 1.82) is 0 Å². The number of likely N-dealkylation sites (N-methyl/N-ethyl adjacent to an activating group) is 1. The average molecular weight is 321 g/mol. The van der Waals surface area contributed by atoms with Gasteiger partial charge in [-0.15, -0.1) is 0 Å². The lowest BCUT2D eigenvalue weighted by Crippen LogP contribution is -2.37. The Labute approximate surface area is 137 Å². The van der Waals surface area contributed by atoms with Crippen molar-refractivity contribution in [3.05, 3.63) is 23.7 Å². The predicted molar refractivity (Wildman–Crippen MR) is 93.3 cm³/mol. The smallest absolute Gasteiger partial charge is 0.234 e. The molecule has 5 N–H and O–H groups in total. The maximum Gasteiger partial charge on any atom is 0.234 e. The van der Waals surface area contributed by atoms with Gasteiger partial charge in [0, 0.05) is 31.1 Å². The number of aromatic nitrogens is 2. The summed E-state index contributed by atoms with van der Waals surface area (Å²) in [6.07, 6.45) is 1.73. The second-order valence-corrected chi connectivity index (χ2v) is 5.15. The zero-order valence-electron chi connectivity index (χ0n) is 14.4. The van der Waals surface area contributed by atoms with E-state index in [2.05, 4.69) is 36.5 Å². The molecule has 0 fully saturated rings. The maximum absolute atomic E-state index is 11.4. The first-order valence-corrected chi connectivity index (χ1v) is 7.67. The number of hydrogen-bond acceptors (Lipinski definition) is 6.